The minimum atomic E-state index is -3.54. The highest BCUT2D eigenvalue weighted by Crippen LogP contribution is 2.27. The van der Waals surface area contributed by atoms with Crippen LogP contribution in [-0.2, 0) is 10.0 Å². The Kier molecular flexibility index (Phi) is 3.31. The molecule has 1 atom stereocenters. The summed E-state index contributed by atoms with van der Waals surface area (Å²) in [6.07, 6.45) is 1.29. The van der Waals surface area contributed by atoms with Crippen molar-refractivity contribution in [3.8, 4) is 0 Å². The zero-order valence-electron chi connectivity index (χ0n) is 9.63. The van der Waals surface area contributed by atoms with Gasteiger partial charge in [-0.2, -0.15) is 12.8 Å². The van der Waals surface area contributed by atoms with E-state index in [1.807, 2.05) is 6.92 Å². The molecule has 0 fully saturated rings. The second-order valence-corrected chi connectivity index (χ2v) is 5.73. The van der Waals surface area contributed by atoms with Crippen molar-refractivity contribution in [1.82, 2.24) is 0 Å². The molecule has 1 aliphatic heterocycles. The van der Waals surface area contributed by atoms with Crippen LogP contribution in [0, 0.1) is 0 Å². The first kappa shape index (κ1) is 12.3. The summed E-state index contributed by atoms with van der Waals surface area (Å²) in [6.45, 7) is 1.98. The highest BCUT2D eigenvalue weighted by atomic mass is 32.2. The third-order valence-electron chi connectivity index (χ3n) is 2.76. The van der Waals surface area contributed by atoms with E-state index in [9.17, 15) is 13.5 Å². The number of rotatable bonds is 4. The SMILES string of the molecule is CCCC(O)CC1=NS(=O)(=O)c2ccccc21. The van der Waals surface area contributed by atoms with Crippen LogP contribution in [0.1, 0.15) is 31.7 Å². The zero-order valence-corrected chi connectivity index (χ0v) is 10.4. The number of benzene rings is 1. The summed E-state index contributed by atoms with van der Waals surface area (Å²) in [6, 6.07) is 6.74. The second-order valence-electron chi connectivity index (χ2n) is 4.16. The molecule has 0 saturated heterocycles. The van der Waals surface area contributed by atoms with E-state index in [0.29, 0.717) is 24.1 Å². The molecule has 0 spiro atoms. The van der Waals surface area contributed by atoms with Crippen LogP contribution in [0.25, 0.3) is 0 Å². The van der Waals surface area contributed by atoms with Gasteiger partial charge in [-0.25, -0.2) is 0 Å². The summed E-state index contributed by atoms with van der Waals surface area (Å²) in [5, 5.41) is 9.73. The van der Waals surface area contributed by atoms with Crippen molar-refractivity contribution in [3.05, 3.63) is 29.8 Å². The Morgan fingerprint density at radius 3 is 2.76 bits per heavy atom. The average Bonchev–Trinajstić information content (AvgIpc) is 2.52. The van der Waals surface area contributed by atoms with Crippen LogP contribution in [0.2, 0.25) is 0 Å². The minimum Gasteiger partial charge on any atom is -0.393 e. The molecule has 0 radical (unpaired) electrons. The molecule has 0 bridgehead atoms. The van der Waals surface area contributed by atoms with Gasteiger partial charge in [-0.15, -0.1) is 0 Å². The van der Waals surface area contributed by atoms with Crippen LogP contribution in [0.3, 0.4) is 0 Å². The Balaban J connectivity index is 2.32. The fourth-order valence-electron chi connectivity index (χ4n) is 1.98. The predicted octanol–water partition coefficient (Wildman–Crippen LogP) is 1.73. The Morgan fingerprint density at radius 2 is 2.06 bits per heavy atom. The highest BCUT2D eigenvalue weighted by Gasteiger charge is 2.28. The number of aliphatic hydroxyl groups is 1. The molecule has 0 aromatic heterocycles. The molecule has 2 rings (SSSR count). The van der Waals surface area contributed by atoms with E-state index < -0.39 is 16.1 Å². The van der Waals surface area contributed by atoms with Gasteiger partial charge in [-0.05, 0) is 12.5 Å². The quantitative estimate of drug-likeness (QED) is 0.888. The Morgan fingerprint density at radius 1 is 1.35 bits per heavy atom. The van der Waals surface area contributed by atoms with Gasteiger partial charge < -0.3 is 5.11 Å². The monoisotopic (exact) mass is 253 g/mol. The number of fused-ring (bicyclic) bond motifs is 1. The van der Waals surface area contributed by atoms with Crippen LogP contribution >= 0.6 is 0 Å². The van der Waals surface area contributed by atoms with Crippen molar-refractivity contribution in [2.75, 3.05) is 0 Å². The molecule has 4 nitrogen and oxygen atoms in total. The summed E-state index contributed by atoms with van der Waals surface area (Å²) in [7, 11) is -3.54. The molecule has 17 heavy (non-hydrogen) atoms. The number of sulfonamides is 1. The number of hydrogen-bond donors (Lipinski definition) is 1. The van der Waals surface area contributed by atoms with Gasteiger partial charge in [0.1, 0.15) is 0 Å². The largest absolute Gasteiger partial charge is 0.393 e. The summed E-state index contributed by atoms with van der Waals surface area (Å²) in [4.78, 5) is 0.249. The van der Waals surface area contributed by atoms with Gasteiger partial charge in [-0.3, -0.25) is 0 Å². The van der Waals surface area contributed by atoms with E-state index in [1.165, 1.54) is 0 Å². The molecular weight excluding hydrogens is 238 g/mol. The molecule has 0 aliphatic carbocycles. The molecule has 0 saturated carbocycles. The van der Waals surface area contributed by atoms with E-state index in [-0.39, 0.29) is 4.90 Å². The fraction of sp³-hybridized carbons (Fsp3) is 0.417. The van der Waals surface area contributed by atoms with Crippen molar-refractivity contribution in [3.63, 3.8) is 0 Å². The van der Waals surface area contributed by atoms with Crippen molar-refractivity contribution >= 4 is 15.7 Å². The Hall–Kier alpha value is -1.20. The third-order valence-corrected chi connectivity index (χ3v) is 4.13. The fourth-order valence-corrected chi connectivity index (χ4v) is 3.25. The zero-order chi connectivity index (χ0) is 12.5. The van der Waals surface area contributed by atoms with Crippen LogP contribution in [0.15, 0.2) is 33.6 Å². The first-order chi connectivity index (χ1) is 8.04. The summed E-state index contributed by atoms with van der Waals surface area (Å²) in [5.74, 6) is 0. The minimum absolute atomic E-state index is 0.249. The van der Waals surface area contributed by atoms with Gasteiger partial charge in [0.25, 0.3) is 10.0 Å². The van der Waals surface area contributed by atoms with Gasteiger partial charge in [-0.1, -0.05) is 31.5 Å². The lowest BCUT2D eigenvalue weighted by molar-refractivity contribution is 0.171. The summed E-state index contributed by atoms with van der Waals surface area (Å²) in [5.41, 5.74) is 1.10. The molecule has 92 valence electrons. The van der Waals surface area contributed by atoms with E-state index in [0.717, 1.165) is 6.42 Å². The molecule has 1 heterocycles. The Bertz CT molecular complexity index is 549. The number of aliphatic hydroxyl groups excluding tert-OH is 1. The number of nitrogens with zero attached hydrogens (tertiary/aromatic N) is 1. The molecule has 5 heteroatoms. The van der Waals surface area contributed by atoms with Crippen molar-refractivity contribution < 1.29 is 13.5 Å². The van der Waals surface area contributed by atoms with Crippen LogP contribution in [-0.4, -0.2) is 25.3 Å². The molecule has 1 aliphatic rings. The van der Waals surface area contributed by atoms with E-state index >= 15 is 0 Å². The standard InChI is InChI=1S/C12H15NO3S/c1-2-5-9(14)8-11-10-6-3-4-7-12(10)17(15,16)13-11/h3-4,6-7,9,14H,2,5,8H2,1H3. The average molecular weight is 253 g/mol. The first-order valence-electron chi connectivity index (χ1n) is 5.66. The van der Waals surface area contributed by atoms with Gasteiger partial charge in [0.2, 0.25) is 0 Å². The van der Waals surface area contributed by atoms with Crippen LogP contribution in [0.4, 0.5) is 0 Å². The van der Waals surface area contributed by atoms with Gasteiger partial charge >= 0.3 is 0 Å². The van der Waals surface area contributed by atoms with E-state index in [1.54, 1.807) is 24.3 Å². The van der Waals surface area contributed by atoms with Crippen molar-refractivity contribution in [2.24, 2.45) is 4.40 Å². The lowest BCUT2D eigenvalue weighted by Gasteiger charge is -2.08. The molecule has 1 N–H and O–H groups in total. The van der Waals surface area contributed by atoms with Crippen molar-refractivity contribution in [1.29, 1.82) is 0 Å². The molecule has 1 unspecified atom stereocenters. The maximum atomic E-state index is 11.7. The Labute approximate surface area is 101 Å². The summed E-state index contributed by atoms with van der Waals surface area (Å²) < 4.78 is 27.2. The molecule has 1 aromatic carbocycles. The summed E-state index contributed by atoms with van der Waals surface area (Å²) >= 11 is 0. The van der Waals surface area contributed by atoms with E-state index in [4.69, 9.17) is 0 Å². The van der Waals surface area contributed by atoms with Gasteiger partial charge in [0.05, 0.1) is 16.7 Å². The van der Waals surface area contributed by atoms with Crippen molar-refractivity contribution in [2.45, 2.75) is 37.2 Å². The van der Waals surface area contributed by atoms with Gasteiger partial charge in [0, 0.05) is 12.0 Å². The maximum Gasteiger partial charge on any atom is 0.283 e. The first-order valence-corrected chi connectivity index (χ1v) is 7.10. The molecule has 0 amide bonds. The normalized spacial score (nSPS) is 18.6. The third kappa shape index (κ3) is 2.40. The van der Waals surface area contributed by atoms with Crippen LogP contribution in [0.5, 0.6) is 0 Å². The topological polar surface area (TPSA) is 66.7 Å². The highest BCUT2D eigenvalue weighted by molar-refractivity contribution is 7.90. The van der Waals surface area contributed by atoms with E-state index in [2.05, 4.69) is 4.40 Å². The lowest BCUT2D eigenvalue weighted by Crippen LogP contribution is -2.12. The molecule has 1 aromatic rings. The lowest BCUT2D eigenvalue weighted by atomic mass is 10.0. The maximum absolute atomic E-state index is 11.7. The smallest absolute Gasteiger partial charge is 0.283 e. The number of hydrogen-bond acceptors (Lipinski definition) is 3. The van der Waals surface area contributed by atoms with Gasteiger partial charge in [0.15, 0.2) is 0 Å². The predicted molar refractivity (Wildman–Crippen MR) is 65.7 cm³/mol. The second kappa shape index (κ2) is 4.58. The van der Waals surface area contributed by atoms with Crippen LogP contribution < -0.4 is 0 Å². The molecular formula is C12H15NO3S.